The van der Waals surface area contributed by atoms with E-state index in [4.69, 9.17) is 16.6 Å². The van der Waals surface area contributed by atoms with Crippen LogP contribution in [-0.4, -0.2) is 49.1 Å². The van der Waals surface area contributed by atoms with Crippen molar-refractivity contribution in [3.05, 3.63) is 35.4 Å². The fourth-order valence-corrected chi connectivity index (χ4v) is 4.30. The second kappa shape index (κ2) is 10.2. The lowest BCUT2D eigenvalue weighted by atomic mass is 10.1. The maximum atomic E-state index is 12.4. The first kappa shape index (κ1) is 23.9. The number of hydrogen-bond acceptors (Lipinski definition) is 8. The lowest BCUT2D eigenvalue weighted by Gasteiger charge is -2.13. The predicted molar refractivity (Wildman–Crippen MR) is 123 cm³/mol. The third kappa shape index (κ3) is 5.71. The number of carbonyl (C=O) groups excluding carboxylic acids is 1. The molecule has 1 atom stereocenters. The molecule has 0 unspecified atom stereocenters. The molecule has 1 aromatic carbocycles. The number of fused-ring (bicyclic) bond motifs is 1. The first-order chi connectivity index (χ1) is 15.7. The maximum Gasteiger partial charge on any atom is 0.326 e. The topological polar surface area (TPSA) is 197 Å². The van der Waals surface area contributed by atoms with Gasteiger partial charge in [-0.15, -0.1) is 0 Å². The maximum absolute atomic E-state index is 12.4. The molecule has 0 bridgehead atoms. The van der Waals surface area contributed by atoms with Gasteiger partial charge in [0, 0.05) is 16.9 Å². The summed E-state index contributed by atoms with van der Waals surface area (Å²) < 4.78 is 0. The number of hydrogen-bond donors (Lipinski definition) is 6. The van der Waals surface area contributed by atoms with Crippen LogP contribution in [0, 0.1) is 0 Å². The van der Waals surface area contributed by atoms with Crippen molar-refractivity contribution in [3.63, 3.8) is 0 Å². The van der Waals surface area contributed by atoms with Crippen molar-refractivity contribution in [3.8, 4) is 0 Å². The Kier molecular flexibility index (Phi) is 7.38. The summed E-state index contributed by atoms with van der Waals surface area (Å²) in [4.78, 5) is 46.8. The van der Waals surface area contributed by atoms with Crippen molar-refractivity contribution < 1.29 is 24.6 Å². The van der Waals surface area contributed by atoms with Gasteiger partial charge in [-0.3, -0.25) is 9.59 Å². The number of nitrogens with two attached hydrogens (primary N) is 2. The number of aryl methyl sites for hydroxylation is 1. The summed E-state index contributed by atoms with van der Waals surface area (Å²) in [6, 6.07) is 5.32. The molecule has 11 nitrogen and oxygen atoms in total. The number of nitrogens with zero attached hydrogens (tertiary/aromatic N) is 2. The number of amides is 1. The number of anilines is 2. The van der Waals surface area contributed by atoms with Crippen molar-refractivity contribution in [2.75, 3.05) is 11.5 Å². The molecule has 0 aliphatic carbocycles. The highest BCUT2D eigenvalue weighted by molar-refractivity contribution is 7.99. The summed E-state index contributed by atoms with van der Waals surface area (Å²) >= 11 is 1.43. The van der Waals surface area contributed by atoms with Gasteiger partial charge in [0.05, 0.1) is 10.4 Å². The van der Waals surface area contributed by atoms with E-state index in [2.05, 4.69) is 27.2 Å². The average molecular weight is 473 g/mol. The number of benzene rings is 1. The first-order valence-electron chi connectivity index (χ1n) is 10.2. The van der Waals surface area contributed by atoms with E-state index >= 15 is 0 Å². The largest absolute Gasteiger partial charge is 0.481 e. The van der Waals surface area contributed by atoms with Gasteiger partial charge in [0.15, 0.2) is 0 Å². The van der Waals surface area contributed by atoms with Gasteiger partial charge in [0.25, 0.3) is 5.91 Å². The van der Waals surface area contributed by atoms with Crippen LogP contribution in [0.25, 0.3) is 11.0 Å². The third-order valence-electron chi connectivity index (χ3n) is 4.85. The Morgan fingerprint density at radius 3 is 2.45 bits per heavy atom. The highest BCUT2D eigenvalue weighted by Gasteiger charge is 2.22. The van der Waals surface area contributed by atoms with Crippen LogP contribution in [0.2, 0.25) is 0 Å². The van der Waals surface area contributed by atoms with E-state index in [1.54, 1.807) is 24.3 Å². The number of carboxylic acid groups (broad SMARTS) is 2. The standard InChI is InChI=1S/C21H24N6O5S/c1-2-3-12-15-16(22)25-21(23)27-17(15)26-19(12)33-11-6-4-10(5-7-11)18(30)24-13(20(31)32)8-9-14(28)29/h4-7,13H,2-3,8-9H2,1H3,(H,24,30)(H,28,29)(H,31,32)(H5,22,23,25,26,27)/t13-/m0/s1. The van der Waals surface area contributed by atoms with Crippen molar-refractivity contribution >= 4 is 52.4 Å². The number of nitrogens with one attached hydrogen (secondary N) is 2. The lowest BCUT2D eigenvalue weighted by molar-refractivity contribution is -0.140. The molecule has 1 amide bonds. The fraction of sp³-hybridized carbons (Fsp3) is 0.286. The Hall–Kier alpha value is -3.80. The molecule has 174 valence electrons. The van der Waals surface area contributed by atoms with Gasteiger partial charge in [0.2, 0.25) is 5.95 Å². The molecular weight excluding hydrogens is 448 g/mol. The van der Waals surface area contributed by atoms with Crippen LogP contribution in [0.5, 0.6) is 0 Å². The molecule has 0 aliphatic rings. The molecule has 0 saturated carbocycles. The van der Waals surface area contributed by atoms with E-state index in [0.29, 0.717) is 11.5 Å². The number of H-pyrrole nitrogens is 1. The first-order valence-corrected chi connectivity index (χ1v) is 11.0. The molecule has 0 saturated heterocycles. The number of aromatic nitrogens is 3. The summed E-state index contributed by atoms with van der Waals surface area (Å²) in [5.74, 6) is -2.62. The quantitative estimate of drug-likeness (QED) is 0.254. The molecular formula is C21H24N6O5S. The number of carboxylic acids is 2. The van der Waals surface area contributed by atoms with E-state index in [9.17, 15) is 19.5 Å². The summed E-state index contributed by atoms with van der Waals surface area (Å²) in [6.07, 6.45) is 1.07. The third-order valence-corrected chi connectivity index (χ3v) is 5.91. The molecule has 0 fully saturated rings. The summed E-state index contributed by atoms with van der Waals surface area (Å²) in [6.45, 7) is 2.05. The normalized spacial score (nSPS) is 11.9. The Morgan fingerprint density at radius 2 is 1.85 bits per heavy atom. The van der Waals surface area contributed by atoms with Gasteiger partial charge in [-0.05, 0) is 42.7 Å². The Balaban J connectivity index is 1.78. The van der Waals surface area contributed by atoms with E-state index < -0.39 is 23.9 Å². The second-order valence-electron chi connectivity index (χ2n) is 7.30. The SMILES string of the molecule is CCCc1c(Sc2ccc(C(=O)N[C@@H](CCC(=O)O)C(=O)O)cc2)[nH]c2nc(N)nc(N)c12. The van der Waals surface area contributed by atoms with Crippen LogP contribution in [0.4, 0.5) is 11.8 Å². The zero-order chi connectivity index (χ0) is 24.1. The van der Waals surface area contributed by atoms with Gasteiger partial charge in [-0.2, -0.15) is 9.97 Å². The molecule has 0 spiro atoms. The van der Waals surface area contributed by atoms with Crippen LogP contribution in [0.3, 0.4) is 0 Å². The molecule has 2 heterocycles. The van der Waals surface area contributed by atoms with Crippen molar-refractivity contribution in [2.45, 2.75) is 48.6 Å². The van der Waals surface area contributed by atoms with Gasteiger partial charge in [-0.1, -0.05) is 25.1 Å². The molecule has 8 N–H and O–H groups in total. The summed E-state index contributed by atoms with van der Waals surface area (Å²) in [5, 5.41) is 21.9. The Labute approximate surface area is 193 Å². The number of carbonyl (C=O) groups is 3. The minimum Gasteiger partial charge on any atom is -0.481 e. The van der Waals surface area contributed by atoms with E-state index in [0.717, 1.165) is 33.7 Å². The van der Waals surface area contributed by atoms with Crippen molar-refractivity contribution in [2.24, 2.45) is 0 Å². The molecule has 0 radical (unpaired) electrons. The summed E-state index contributed by atoms with van der Waals surface area (Å²) in [7, 11) is 0. The Bertz CT molecular complexity index is 1190. The Morgan fingerprint density at radius 1 is 1.15 bits per heavy atom. The van der Waals surface area contributed by atoms with Crippen molar-refractivity contribution in [1.29, 1.82) is 0 Å². The molecule has 0 aliphatic heterocycles. The molecule has 3 aromatic rings. The zero-order valence-corrected chi connectivity index (χ0v) is 18.6. The molecule has 3 rings (SSSR count). The predicted octanol–water partition coefficient (Wildman–Crippen LogP) is 2.27. The molecule has 33 heavy (non-hydrogen) atoms. The van der Waals surface area contributed by atoms with Gasteiger partial charge >= 0.3 is 11.9 Å². The highest BCUT2D eigenvalue weighted by atomic mass is 32.2. The van der Waals surface area contributed by atoms with E-state index in [-0.39, 0.29) is 24.4 Å². The van der Waals surface area contributed by atoms with E-state index in [1.807, 2.05) is 0 Å². The monoisotopic (exact) mass is 472 g/mol. The molecule has 12 heteroatoms. The second-order valence-corrected chi connectivity index (χ2v) is 8.38. The number of aliphatic carboxylic acids is 2. The minimum atomic E-state index is -1.29. The highest BCUT2D eigenvalue weighted by Crippen LogP contribution is 2.36. The minimum absolute atomic E-state index is 0.0826. The van der Waals surface area contributed by atoms with E-state index in [1.165, 1.54) is 11.8 Å². The number of aromatic amines is 1. The van der Waals surface area contributed by atoms with Crippen LogP contribution in [0.1, 0.15) is 42.1 Å². The van der Waals surface area contributed by atoms with Crippen LogP contribution >= 0.6 is 11.8 Å². The number of nitrogen functional groups attached to an aromatic ring is 2. The molecule has 2 aromatic heterocycles. The van der Waals surface area contributed by atoms with Gasteiger partial charge in [-0.25, -0.2) is 4.79 Å². The van der Waals surface area contributed by atoms with Gasteiger partial charge in [0.1, 0.15) is 17.5 Å². The number of rotatable bonds is 10. The smallest absolute Gasteiger partial charge is 0.326 e. The lowest BCUT2D eigenvalue weighted by Crippen LogP contribution is -2.41. The van der Waals surface area contributed by atoms with Gasteiger partial charge < -0.3 is 32.0 Å². The summed E-state index contributed by atoms with van der Waals surface area (Å²) in [5.41, 5.74) is 13.6. The van der Waals surface area contributed by atoms with Crippen LogP contribution in [-0.2, 0) is 16.0 Å². The van der Waals surface area contributed by atoms with Crippen molar-refractivity contribution in [1.82, 2.24) is 20.3 Å². The average Bonchev–Trinajstić information content (AvgIpc) is 3.08. The van der Waals surface area contributed by atoms with Crippen LogP contribution in [0.15, 0.2) is 34.2 Å². The zero-order valence-electron chi connectivity index (χ0n) is 17.8. The fourth-order valence-electron chi connectivity index (χ4n) is 3.32. The van der Waals surface area contributed by atoms with Crippen LogP contribution < -0.4 is 16.8 Å².